The van der Waals surface area contributed by atoms with Crippen LogP contribution in [-0.4, -0.2) is 46.0 Å². The van der Waals surface area contributed by atoms with Crippen LogP contribution in [0.4, 0.5) is 0 Å². The van der Waals surface area contributed by atoms with Gasteiger partial charge in [-0.1, -0.05) is 5.16 Å². The number of nitrogens with one attached hydrogen (secondary N) is 1. The fraction of sp³-hybridized carbons (Fsp3) is 0.556. The molecule has 1 unspecified atom stereocenters. The average molecular weight is 224 g/mol. The van der Waals surface area contributed by atoms with E-state index < -0.39 is 6.04 Å². The zero-order chi connectivity index (χ0) is 11.5. The molecule has 1 saturated heterocycles. The van der Waals surface area contributed by atoms with Crippen molar-refractivity contribution in [2.24, 2.45) is 0 Å². The first-order chi connectivity index (χ1) is 7.68. The molecule has 2 rings (SSSR count). The minimum Gasteiger partial charge on any atom is -0.345 e. The Bertz CT molecular complexity index is 389. The molecule has 1 aliphatic heterocycles. The van der Waals surface area contributed by atoms with Crippen molar-refractivity contribution in [1.82, 2.24) is 20.4 Å². The maximum atomic E-state index is 11.6. The molecule has 2 amide bonds. The average Bonchev–Trinajstić information content (AvgIpc) is 2.77. The Morgan fingerprint density at radius 1 is 1.62 bits per heavy atom. The van der Waals surface area contributed by atoms with Crippen molar-refractivity contribution < 1.29 is 14.1 Å². The molecule has 0 aliphatic carbocycles. The number of nitrogens with zero attached hydrogens (tertiary/aromatic N) is 3. The Labute approximate surface area is 91.8 Å². The lowest BCUT2D eigenvalue weighted by molar-refractivity contribution is -0.144. The molecule has 0 spiro atoms. The lowest BCUT2D eigenvalue weighted by atomic mass is 10.2. The monoisotopic (exact) mass is 224 g/mol. The van der Waals surface area contributed by atoms with Gasteiger partial charge < -0.3 is 14.7 Å². The van der Waals surface area contributed by atoms with Gasteiger partial charge in [-0.25, -0.2) is 0 Å². The maximum absolute atomic E-state index is 11.6. The van der Waals surface area contributed by atoms with E-state index in [1.54, 1.807) is 6.92 Å². The summed E-state index contributed by atoms with van der Waals surface area (Å²) in [5.74, 6) is 0.314. The SMILES string of the molecule is CC1C(=O)NCC(=O)N1CCc1ncon1. The fourth-order valence-corrected chi connectivity index (χ4v) is 1.61. The van der Waals surface area contributed by atoms with Crippen LogP contribution < -0.4 is 5.32 Å². The molecule has 1 aliphatic rings. The number of amides is 2. The first-order valence-corrected chi connectivity index (χ1v) is 5.01. The Morgan fingerprint density at radius 3 is 3.12 bits per heavy atom. The molecular formula is C9H12N4O3. The molecule has 1 aromatic heterocycles. The predicted octanol–water partition coefficient (Wildman–Crippen LogP) is -1.04. The van der Waals surface area contributed by atoms with Crippen molar-refractivity contribution in [3.8, 4) is 0 Å². The number of hydrogen-bond acceptors (Lipinski definition) is 5. The molecule has 0 bridgehead atoms. The summed E-state index contributed by atoms with van der Waals surface area (Å²) in [5.41, 5.74) is 0. The van der Waals surface area contributed by atoms with Gasteiger partial charge in [-0.15, -0.1) is 0 Å². The van der Waals surface area contributed by atoms with E-state index in [2.05, 4.69) is 20.0 Å². The lowest BCUT2D eigenvalue weighted by Gasteiger charge is -2.32. The molecule has 1 N–H and O–H groups in total. The molecule has 86 valence electrons. The second kappa shape index (κ2) is 4.30. The quantitative estimate of drug-likeness (QED) is 0.708. The molecule has 16 heavy (non-hydrogen) atoms. The largest absolute Gasteiger partial charge is 0.345 e. The molecule has 2 heterocycles. The molecule has 0 radical (unpaired) electrons. The zero-order valence-electron chi connectivity index (χ0n) is 8.84. The highest BCUT2D eigenvalue weighted by molar-refractivity contribution is 5.94. The standard InChI is InChI=1S/C9H12N4O3/c1-6-9(15)10-4-8(14)13(6)3-2-7-11-5-16-12-7/h5-6H,2-4H2,1H3,(H,10,15). The fourth-order valence-electron chi connectivity index (χ4n) is 1.61. The topological polar surface area (TPSA) is 88.3 Å². The number of carbonyl (C=O) groups excluding carboxylic acids is 2. The van der Waals surface area contributed by atoms with E-state index in [1.165, 1.54) is 11.3 Å². The number of piperazine rings is 1. The Hall–Kier alpha value is -1.92. The molecule has 7 nitrogen and oxygen atoms in total. The molecular weight excluding hydrogens is 212 g/mol. The zero-order valence-corrected chi connectivity index (χ0v) is 8.84. The number of rotatable bonds is 3. The summed E-state index contributed by atoms with van der Waals surface area (Å²) < 4.78 is 4.59. The van der Waals surface area contributed by atoms with Gasteiger partial charge in [0.2, 0.25) is 18.2 Å². The summed E-state index contributed by atoms with van der Waals surface area (Å²) in [7, 11) is 0. The summed E-state index contributed by atoms with van der Waals surface area (Å²) in [4.78, 5) is 28.3. The van der Waals surface area contributed by atoms with Gasteiger partial charge in [0, 0.05) is 13.0 Å². The summed E-state index contributed by atoms with van der Waals surface area (Å²) in [5, 5.41) is 6.17. The third kappa shape index (κ3) is 2.02. The van der Waals surface area contributed by atoms with Crippen LogP contribution in [0.2, 0.25) is 0 Å². The van der Waals surface area contributed by atoms with Crippen LogP contribution in [0.15, 0.2) is 10.9 Å². The summed E-state index contributed by atoms with van der Waals surface area (Å²) >= 11 is 0. The van der Waals surface area contributed by atoms with E-state index >= 15 is 0 Å². The van der Waals surface area contributed by atoms with Crippen molar-refractivity contribution in [2.45, 2.75) is 19.4 Å². The van der Waals surface area contributed by atoms with E-state index in [9.17, 15) is 9.59 Å². The van der Waals surface area contributed by atoms with Crippen LogP contribution in [0.3, 0.4) is 0 Å². The van der Waals surface area contributed by atoms with Gasteiger partial charge in [-0.05, 0) is 6.92 Å². The van der Waals surface area contributed by atoms with Gasteiger partial charge in [0.05, 0.1) is 6.54 Å². The summed E-state index contributed by atoms with van der Waals surface area (Å²) in [6, 6.07) is -0.437. The van der Waals surface area contributed by atoms with Crippen LogP contribution in [0.5, 0.6) is 0 Å². The van der Waals surface area contributed by atoms with E-state index in [0.717, 1.165) is 0 Å². The van der Waals surface area contributed by atoms with Crippen LogP contribution in [0.1, 0.15) is 12.7 Å². The minimum atomic E-state index is -0.437. The number of aromatic nitrogens is 2. The molecule has 0 aromatic carbocycles. The third-order valence-corrected chi connectivity index (χ3v) is 2.56. The number of hydrogen-bond donors (Lipinski definition) is 1. The minimum absolute atomic E-state index is 0.0649. The van der Waals surface area contributed by atoms with Crippen molar-refractivity contribution in [2.75, 3.05) is 13.1 Å². The highest BCUT2D eigenvalue weighted by Gasteiger charge is 2.30. The second-order valence-electron chi connectivity index (χ2n) is 3.58. The summed E-state index contributed by atoms with van der Waals surface area (Å²) in [6.07, 6.45) is 1.73. The van der Waals surface area contributed by atoms with Gasteiger partial charge >= 0.3 is 0 Å². The van der Waals surface area contributed by atoms with Gasteiger partial charge in [0.25, 0.3) is 0 Å². The Kier molecular flexibility index (Phi) is 2.84. The van der Waals surface area contributed by atoms with Crippen LogP contribution in [0, 0.1) is 0 Å². The van der Waals surface area contributed by atoms with E-state index in [0.29, 0.717) is 18.8 Å². The van der Waals surface area contributed by atoms with Crippen LogP contribution >= 0.6 is 0 Å². The lowest BCUT2D eigenvalue weighted by Crippen LogP contribution is -2.57. The Morgan fingerprint density at radius 2 is 2.44 bits per heavy atom. The smallest absolute Gasteiger partial charge is 0.242 e. The van der Waals surface area contributed by atoms with Crippen molar-refractivity contribution in [1.29, 1.82) is 0 Å². The van der Waals surface area contributed by atoms with E-state index in [-0.39, 0.29) is 18.4 Å². The van der Waals surface area contributed by atoms with Gasteiger partial charge in [0.1, 0.15) is 6.04 Å². The van der Waals surface area contributed by atoms with Crippen molar-refractivity contribution in [3.05, 3.63) is 12.2 Å². The van der Waals surface area contributed by atoms with Crippen molar-refractivity contribution >= 4 is 11.8 Å². The van der Waals surface area contributed by atoms with E-state index in [1.807, 2.05) is 0 Å². The first kappa shape index (κ1) is 10.6. The number of carbonyl (C=O) groups is 2. The second-order valence-corrected chi connectivity index (χ2v) is 3.58. The van der Waals surface area contributed by atoms with Crippen LogP contribution in [-0.2, 0) is 16.0 Å². The normalized spacial score (nSPS) is 21.1. The van der Waals surface area contributed by atoms with Gasteiger partial charge in [0.15, 0.2) is 5.82 Å². The first-order valence-electron chi connectivity index (χ1n) is 5.01. The van der Waals surface area contributed by atoms with Gasteiger partial charge in [-0.2, -0.15) is 4.98 Å². The van der Waals surface area contributed by atoms with Crippen molar-refractivity contribution in [3.63, 3.8) is 0 Å². The molecule has 0 saturated carbocycles. The summed E-state index contributed by atoms with van der Waals surface area (Å²) in [6.45, 7) is 2.19. The molecule has 1 aromatic rings. The molecule has 7 heteroatoms. The Balaban J connectivity index is 1.96. The predicted molar refractivity (Wildman–Crippen MR) is 52.2 cm³/mol. The maximum Gasteiger partial charge on any atom is 0.242 e. The molecule has 1 atom stereocenters. The highest BCUT2D eigenvalue weighted by atomic mass is 16.5. The van der Waals surface area contributed by atoms with E-state index in [4.69, 9.17) is 0 Å². The third-order valence-electron chi connectivity index (χ3n) is 2.56. The van der Waals surface area contributed by atoms with Crippen LogP contribution in [0.25, 0.3) is 0 Å². The van der Waals surface area contributed by atoms with Gasteiger partial charge in [-0.3, -0.25) is 9.59 Å². The highest BCUT2D eigenvalue weighted by Crippen LogP contribution is 2.06. The molecule has 1 fully saturated rings.